The predicted molar refractivity (Wildman–Crippen MR) is 79.6 cm³/mol. The van der Waals surface area contributed by atoms with E-state index in [1.54, 1.807) is 12.1 Å². The number of benzene rings is 1. The number of halogens is 2. The number of aromatic nitrogens is 2. The van der Waals surface area contributed by atoms with Gasteiger partial charge in [-0.05, 0) is 49.1 Å². The Hall–Kier alpha value is -1.66. The Bertz CT molecular complexity index is 640. The summed E-state index contributed by atoms with van der Waals surface area (Å²) in [6.07, 6.45) is 2.31. The minimum absolute atomic E-state index is 0. The first-order chi connectivity index (χ1) is 10.3. The van der Waals surface area contributed by atoms with Gasteiger partial charge in [-0.3, -0.25) is 0 Å². The number of ether oxygens (including phenoxy) is 1. The normalized spacial score (nSPS) is 26.0. The van der Waals surface area contributed by atoms with Crippen LogP contribution in [-0.2, 0) is 6.61 Å². The van der Waals surface area contributed by atoms with Crippen LogP contribution in [-0.4, -0.2) is 23.2 Å². The van der Waals surface area contributed by atoms with Crippen LogP contribution >= 0.6 is 12.4 Å². The second-order valence-electron chi connectivity index (χ2n) is 5.84. The van der Waals surface area contributed by atoms with Crippen molar-refractivity contribution < 1.29 is 13.7 Å². The Morgan fingerprint density at radius 3 is 2.91 bits per heavy atom. The van der Waals surface area contributed by atoms with E-state index in [-0.39, 0.29) is 24.8 Å². The highest BCUT2D eigenvalue weighted by molar-refractivity contribution is 5.85. The van der Waals surface area contributed by atoms with Crippen molar-refractivity contribution in [2.75, 3.05) is 13.1 Å². The van der Waals surface area contributed by atoms with E-state index in [1.807, 2.05) is 0 Å². The fourth-order valence-electron chi connectivity index (χ4n) is 3.08. The summed E-state index contributed by atoms with van der Waals surface area (Å²) in [5.41, 5.74) is 0.349. The highest BCUT2D eigenvalue weighted by atomic mass is 35.5. The van der Waals surface area contributed by atoms with Gasteiger partial charge in [0.1, 0.15) is 11.6 Å². The number of hydrogen-bond acceptors (Lipinski definition) is 5. The first kappa shape index (κ1) is 15.2. The molecule has 22 heavy (non-hydrogen) atoms. The van der Waals surface area contributed by atoms with Gasteiger partial charge in [-0.15, -0.1) is 12.4 Å². The molecule has 1 aromatic carbocycles. The van der Waals surface area contributed by atoms with Gasteiger partial charge in [0, 0.05) is 12.5 Å². The third kappa shape index (κ3) is 2.80. The van der Waals surface area contributed by atoms with Gasteiger partial charge in [-0.2, -0.15) is 4.98 Å². The van der Waals surface area contributed by atoms with Gasteiger partial charge in [0.05, 0.1) is 0 Å². The molecular weight excluding hydrogens is 309 g/mol. The maximum atomic E-state index is 12.8. The van der Waals surface area contributed by atoms with Crippen molar-refractivity contribution in [3.05, 3.63) is 41.8 Å². The molecule has 2 heterocycles. The molecule has 1 aliphatic heterocycles. The summed E-state index contributed by atoms with van der Waals surface area (Å²) in [5.74, 6) is 1.94. The van der Waals surface area contributed by atoms with Crippen LogP contribution in [0.25, 0.3) is 0 Å². The molecule has 2 unspecified atom stereocenters. The molecule has 0 bridgehead atoms. The minimum Gasteiger partial charge on any atom is -0.485 e. The average Bonchev–Trinajstić information content (AvgIpc) is 2.85. The van der Waals surface area contributed by atoms with Crippen LogP contribution in [0.2, 0.25) is 0 Å². The van der Waals surface area contributed by atoms with Gasteiger partial charge >= 0.3 is 0 Å². The number of nitrogens with zero attached hydrogens (tertiary/aromatic N) is 2. The first-order valence-corrected chi connectivity index (χ1v) is 7.17. The highest BCUT2D eigenvalue weighted by Crippen LogP contribution is 2.62. The fourth-order valence-corrected chi connectivity index (χ4v) is 3.08. The van der Waals surface area contributed by atoms with E-state index in [9.17, 15) is 4.39 Å². The molecule has 2 aliphatic rings. The van der Waals surface area contributed by atoms with Gasteiger partial charge in [-0.25, -0.2) is 4.39 Å². The summed E-state index contributed by atoms with van der Waals surface area (Å²) >= 11 is 0. The largest absolute Gasteiger partial charge is 0.485 e. The van der Waals surface area contributed by atoms with Crippen LogP contribution in [0.3, 0.4) is 0 Å². The average molecular weight is 326 g/mol. The molecule has 1 spiro atoms. The zero-order valence-corrected chi connectivity index (χ0v) is 12.7. The van der Waals surface area contributed by atoms with E-state index in [4.69, 9.17) is 9.26 Å². The molecule has 1 saturated heterocycles. The minimum atomic E-state index is -0.284. The van der Waals surface area contributed by atoms with Crippen LogP contribution in [0.1, 0.15) is 30.5 Å². The maximum Gasteiger partial charge on any atom is 0.230 e. The molecule has 0 amide bonds. The topological polar surface area (TPSA) is 60.2 Å². The Labute approximate surface area is 133 Å². The molecule has 7 heteroatoms. The van der Waals surface area contributed by atoms with E-state index in [0.29, 0.717) is 22.9 Å². The Kier molecular flexibility index (Phi) is 4.06. The molecule has 5 nitrogen and oxygen atoms in total. The van der Waals surface area contributed by atoms with Crippen LogP contribution in [0.15, 0.2) is 28.8 Å². The molecule has 2 fully saturated rings. The third-order valence-electron chi connectivity index (χ3n) is 4.43. The molecule has 2 atom stereocenters. The number of nitrogens with one attached hydrogen (secondary N) is 1. The van der Waals surface area contributed by atoms with Crippen LogP contribution in [0.5, 0.6) is 5.75 Å². The zero-order chi connectivity index (χ0) is 14.3. The Balaban J connectivity index is 0.00000144. The summed E-state index contributed by atoms with van der Waals surface area (Å²) in [6, 6.07) is 5.88. The third-order valence-corrected chi connectivity index (χ3v) is 4.43. The molecule has 0 radical (unpaired) electrons. The van der Waals surface area contributed by atoms with E-state index < -0.39 is 0 Å². The lowest BCUT2D eigenvalue weighted by Gasteiger charge is -2.03. The van der Waals surface area contributed by atoms with Gasteiger partial charge in [0.25, 0.3) is 0 Å². The van der Waals surface area contributed by atoms with E-state index in [1.165, 1.54) is 18.6 Å². The van der Waals surface area contributed by atoms with Crippen molar-refractivity contribution >= 4 is 12.4 Å². The summed E-state index contributed by atoms with van der Waals surface area (Å²) in [4.78, 5) is 4.42. The Morgan fingerprint density at radius 1 is 1.36 bits per heavy atom. The fraction of sp³-hybridized carbons (Fsp3) is 0.467. The molecule has 1 aromatic heterocycles. The second kappa shape index (κ2) is 5.85. The monoisotopic (exact) mass is 325 g/mol. The Morgan fingerprint density at radius 2 is 2.18 bits per heavy atom. The summed E-state index contributed by atoms with van der Waals surface area (Å²) < 4.78 is 23.7. The second-order valence-corrected chi connectivity index (χ2v) is 5.84. The lowest BCUT2D eigenvalue weighted by Crippen LogP contribution is -2.10. The predicted octanol–water partition coefficient (Wildman–Crippen LogP) is 2.68. The van der Waals surface area contributed by atoms with Crippen LogP contribution in [0.4, 0.5) is 4.39 Å². The van der Waals surface area contributed by atoms with Crippen LogP contribution in [0, 0.1) is 11.2 Å². The molecule has 2 aromatic rings. The summed E-state index contributed by atoms with van der Waals surface area (Å²) in [5, 5.41) is 7.35. The molecule has 118 valence electrons. The molecule has 1 N–H and O–H groups in total. The van der Waals surface area contributed by atoms with Gasteiger partial charge in [-0.1, -0.05) is 5.16 Å². The zero-order valence-electron chi connectivity index (χ0n) is 11.9. The summed E-state index contributed by atoms with van der Waals surface area (Å²) in [6.45, 7) is 2.35. The lowest BCUT2D eigenvalue weighted by molar-refractivity contribution is 0.284. The van der Waals surface area contributed by atoms with Crippen molar-refractivity contribution in [1.82, 2.24) is 15.5 Å². The number of rotatable bonds is 4. The maximum absolute atomic E-state index is 12.8. The van der Waals surface area contributed by atoms with Crippen molar-refractivity contribution in [3.63, 3.8) is 0 Å². The molecular formula is C15H17ClFN3O2. The van der Waals surface area contributed by atoms with Crippen molar-refractivity contribution in [2.24, 2.45) is 5.41 Å². The smallest absolute Gasteiger partial charge is 0.230 e. The van der Waals surface area contributed by atoms with E-state index in [2.05, 4.69) is 15.5 Å². The number of hydrogen-bond donors (Lipinski definition) is 1. The van der Waals surface area contributed by atoms with E-state index >= 15 is 0 Å². The SMILES string of the molecule is Cl.Fc1ccc(OCc2noc(C3CC34CCNC4)n2)cc1. The van der Waals surface area contributed by atoms with E-state index in [0.717, 1.165) is 25.4 Å². The van der Waals surface area contributed by atoms with Gasteiger partial charge in [0.2, 0.25) is 11.7 Å². The van der Waals surface area contributed by atoms with Gasteiger partial charge in [0.15, 0.2) is 6.61 Å². The van der Waals surface area contributed by atoms with Crippen LogP contribution < -0.4 is 10.1 Å². The molecule has 1 saturated carbocycles. The van der Waals surface area contributed by atoms with Crippen molar-refractivity contribution in [2.45, 2.75) is 25.4 Å². The quantitative estimate of drug-likeness (QED) is 0.936. The summed E-state index contributed by atoms with van der Waals surface area (Å²) in [7, 11) is 0. The van der Waals surface area contributed by atoms with Crippen molar-refractivity contribution in [3.8, 4) is 5.75 Å². The van der Waals surface area contributed by atoms with Gasteiger partial charge < -0.3 is 14.6 Å². The van der Waals surface area contributed by atoms with Crippen molar-refractivity contribution in [1.29, 1.82) is 0 Å². The standard InChI is InChI=1S/C15H16FN3O2.ClH/c16-10-1-3-11(4-2-10)20-8-13-18-14(21-19-13)12-7-15(12)5-6-17-9-15;/h1-4,12,17H,5-9H2;1H. The molecule has 1 aliphatic carbocycles. The highest BCUT2D eigenvalue weighted by Gasteiger charge is 2.58. The molecule has 4 rings (SSSR count). The first-order valence-electron chi connectivity index (χ1n) is 7.17. The lowest BCUT2D eigenvalue weighted by atomic mass is 10.0.